The Bertz CT molecular complexity index is 693. The first-order valence-corrected chi connectivity index (χ1v) is 9.10. The van der Waals surface area contributed by atoms with E-state index in [0.717, 1.165) is 37.2 Å². The average molecular weight is 345 g/mol. The number of piperidine rings is 1. The molecule has 1 fully saturated rings. The summed E-state index contributed by atoms with van der Waals surface area (Å²) in [5, 5.41) is 13.0. The van der Waals surface area contributed by atoms with Gasteiger partial charge in [-0.2, -0.15) is 0 Å². The smallest absolute Gasteiger partial charge is 0.240 e. The van der Waals surface area contributed by atoms with Crippen molar-refractivity contribution < 1.29 is 9.90 Å². The van der Waals surface area contributed by atoms with Crippen molar-refractivity contribution in [3.8, 4) is 0 Å². The molecular formula is C18H23N3O2S. The van der Waals surface area contributed by atoms with Crippen LogP contribution in [-0.2, 0) is 11.2 Å². The minimum absolute atomic E-state index is 0.0390. The first kappa shape index (κ1) is 17.1. The van der Waals surface area contributed by atoms with Crippen LogP contribution in [0.1, 0.15) is 28.8 Å². The van der Waals surface area contributed by atoms with Crippen LogP contribution >= 0.6 is 11.3 Å². The summed E-state index contributed by atoms with van der Waals surface area (Å²) in [7, 11) is 0. The highest BCUT2D eigenvalue weighted by Gasteiger charge is 2.19. The largest absolute Gasteiger partial charge is 0.393 e. The van der Waals surface area contributed by atoms with Crippen LogP contribution in [0.15, 0.2) is 30.5 Å². The average Bonchev–Trinajstić information content (AvgIpc) is 2.96. The van der Waals surface area contributed by atoms with Gasteiger partial charge in [-0.25, -0.2) is 4.98 Å². The van der Waals surface area contributed by atoms with E-state index in [-0.39, 0.29) is 12.0 Å². The van der Waals surface area contributed by atoms with Gasteiger partial charge >= 0.3 is 0 Å². The van der Waals surface area contributed by atoms with Crippen LogP contribution in [0.25, 0.3) is 0 Å². The number of aromatic nitrogens is 1. The highest BCUT2D eigenvalue weighted by molar-refractivity contribution is 7.15. The summed E-state index contributed by atoms with van der Waals surface area (Å²) in [6.45, 7) is 3.98. The van der Waals surface area contributed by atoms with Crippen LogP contribution < -0.4 is 5.32 Å². The Balaban J connectivity index is 1.51. The summed E-state index contributed by atoms with van der Waals surface area (Å²) < 4.78 is 0. The second-order valence-electron chi connectivity index (χ2n) is 6.35. The minimum atomic E-state index is -0.215. The SMILES string of the molecule is Cc1cccc(Cc2cnc(NC(=O)CN3CCC(O)CC3)s2)c1. The molecule has 2 heterocycles. The molecule has 3 rings (SSSR count). The number of hydrogen-bond acceptors (Lipinski definition) is 5. The lowest BCUT2D eigenvalue weighted by atomic mass is 10.1. The summed E-state index contributed by atoms with van der Waals surface area (Å²) >= 11 is 1.52. The molecule has 1 aromatic heterocycles. The zero-order chi connectivity index (χ0) is 16.9. The van der Waals surface area contributed by atoms with E-state index >= 15 is 0 Å². The number of thiazole rings is 1. The monoisotopic (exact) mass is 345 g/mol. The van der Waals surface area contributed by atoms with Crippen LogP contribution in [0, 0.1) is 6.92 Å². The summed E-state index contributed by atoms with van der Waals surface area (Å²) in [4.78, 5) is 19.6. The Morgan fingerprint density at radius 3 is 2.96 bits per heavy atom. The van der Waals surface area contributed by atoms with Gasteiger partial charge in [-0.15, -0.1) is 11.3 Å². The first-order chi connectivity index (χ1) is 11.6. The van der Waals surface area contributed by atoms with Crippen LogP contribution in [0.4, 0.5) is 5.13 Å². The molecule has 0 spiro atoms. The van der Waals surface area contributed by atoms with Gasteiger partial charge < -0.3 is 10.4 Å². The predicted molar refractivity (Wildman–Crippen MR) is 96.4 cm³/mol. The van der Waals surface area contributed by atoms with Crippen LogP contribution in [0.2, 0.25) is 0 Å². The quantitative estimate of drug-likeness (QED) is 0.873. The fraction of sp³-hybridized carbons (Fsp3) is 0.444. The number of nitrogens with zero attached hydrogens (tertiary/aromatic N) is 2. The molecule has 0 bridgehead atoms. The van der Waals surface area contributed by atoms with Gasteiger partial charge in [0.15, 0.2) is 5.13 Å². The topological polar surface area (TPSA) is 65.5 Å². The van der Waals surface area contributed by atoms with Gasteiger partial charge in [-0.3, -0.25) is 9.69 Å². The molecule has 0 radical (unpaired) electrons. The summed E-state index contributed by atoms with van der Waals surface area (Å²) in [6, 6.07) is 8.42. The number of amides is 1. The number of carbonyl (C=O) groups excluding carboxylic acids is 1. The van der Waals surface area contributed by atoms with E-state index < -0.39 is 0 Å². The molecule has 0 unspecified atom stereocenters. The molecule has 2 aromatic rings. The first-order valence-electron chi connectivity index (χ1n) is 8.29. The maximum absolute atomic E-state index is 12.1. The second kappa shape index (κ2) is 7.88. The summed E-state index contributed by atoms with van der Waals surface area (Å²) in [5.74, 6) is -0.0390. The highest BCUT2D eigenvalue weighted by Crippen LogP contribution is 2.21. The molecule has 0 saturated carbocycles. The van der Waals surface area contributed by atoms with Crippen molar-refractivity contribution in [2.75, 3.05) is 25.0 Å². The lowest BCUT2D eigenvalue weighted by Crippen LogP contribution is -2.40. The Morgan fingerprint density at radius 1 is 1.42 bits per heavy atom. The number of hydrogen-bond donors (Lipinski definition) is 2. The molecular weight excluding hydrogens is 322 g/mol. The Hall–Kier alpha value is -1.76. The lowest BCUT2D eigenvalue weighted by molar-refractivity contribution is -0.117. The minimum Gasteiger partial charge on any atom is -0.393 e. The Labute approximate surface area is 146 Å². The number of nitrogens with one attached hydrogen (secondary N) is 1. The fourth-order valence-corrected chi connectivity index (χ4v) is 3.77. The maximum atomic E-state index is 12.1. The van der Waals surface area contributed by atoms with E-state index in [1.807, 2.05) is 6.20 Å². The number of carbonyl (C=O) groups is 1. The van der Waals surface area contributed by atoms with Crippen molar-refractivity contribution in [2.45, 2.75) is 32.3 Å². The summed E-state index contributed by atoms with van der Waals surface area (Å²) in [6.07, 6.45) is 3.93. The number of rotatable bonds is 5. The van der Waals surface area contributed by atoms with Crippen molar-refractivity contribution in [3.63, 3.8) is 0 Å². The molecule has 1 aliphatic rings. The second-order valence-corrected chi connectivity index (χ2v) is 7.47. The highest BCUT2D eigenvalue weighted by atomic mass is 32.1. The van der Waals surface area contributed by atoms with Gasteiger partial charge in [0, 0.05) is 30.6 Å². The van der Waals surface area contributed by atoms with Gasteiger partial charge in [-0.05, 0) is 25.3 Å². The number of likely N-dealkylation sites (tertiary alicyclic amines) is 1. The van der Waals surface area contributed by atoms with Crippen molar-refractivity contribution in [1.29, 1.82) is 0 Å². The van der Waals surface area contributed by atoms with E-state index in [1.54, 1.807) is 0 Å². The number of anilines is 1. The molecule has 1 aromatic carbocycles. The van der Waals surface area contributed by atoms with Gasteiger partial charge in [0.1, 0.15) is 0 Å². The molecule has 0 aliphatic carbocycles. The third kappa shape index (κ3) is 4.87. The normalized spacial score (nSPS) is 16.2. The molecule has 1 aliphatic heterocycles. The standard InChI is InChI=1S/C18H23N3O2S/c1-13-3-2-4-14(9-13)10-16-11-19-18(24-16)20-17(23)12-21-7-5-15(22)6-8-21/h2-4,9,11,15,22H,5-8,10,12H2,1H3,(H,19,20,23). The van der Waals surface area contributed by atoms with E-state index in [9.17, 15) is 9.90 Å². The summed E-state index contributed by atoms with van der Waals surface area (Å²) in [5.41, 5.74) is 2.50. The maximum Gasteiger partial charge on any atom is 0.240 e. The van der Waals surface area contributed by atoms with Crippen molar-refractivity contribution >= 4 is 22.4 Å². The van der Waals surface area contributed by atoms with Gasteiger partial charge in [0.05, 0.1) is 12.6 Å². The number of aliphatic hydroxyl groups excluding tert-OH is 1. The Morgan fingerprint density at radius 2 is 2.21 bits per heavy atom. The number of aryl methyl sites for hydroxylation is 1. The third-order valence-corrected chi connectivity index (χ3v) is 5.10. The Kier molecular flexibility index (Phi) is 5.60. The molecule has 2 N–H and O–H groups in total. The lowest BCUT2D eigenvalue weighted by Gasteiger charge is -2.28. The molecule has 24 heavy (non-hydrogen) atoms. The van der Waals surface area contributed by atoms with Crippen LogP contribution in [0.3, 0.4) is 0 Å². The van der Waals surface area contributed by atoms with E-state index in [1.165, 1.54) is 22.5 Å². The molecule has 0 atom stereocenters. The van der Waals surface area contributed by atoms with Crippen molar-refractivity contribution in [1.82, 2.24) is 9.88 Å². The molecule has 1 saturated heterocycles. The number of aliphatic hydroxyl groups is 1. The zero-order valence-corrected chi connectivity index (χ0v) is 14.7. The molecule has 6 heteroatoms. The van der Waals surface area contributed by atoms with Crippen LogP contribution in [0.5, 0.6) is 0 Å². The fourth-order valence-electron chi connectivity index (χ4n) is 2.91. The van der Waals surface area contributed by atoms with E-state index in [2.05, 4.69) is 46.4 Å². The number of benzene rings is 1. The van der Waals surface area contributed by atoms with Gasteiger partial charge in [0.2, 0.25) is 5.91 Å². The van der Waals surface area contributed by atoms with Gasteiger partial charge in [-0.1, -0.05) is 29.8 Å². The molecule has 128 valence electrons. The zero-order valence-electron chi connectivity index (χ0n) is 13.9. The van der Waals surface area contributed by atoms with Crippen molar-refractivity contribution in [2.24, 2.45) is 0 Å². The molecule has 1 amide bonds. The van der Waals surface area contributed by atoms with E-state index in [4.69, 9.17) is 0 Å². The van der Waals surface area contributed by atoms with Crippen molar-refractivity contribution in [3.05, 3.63) is 46.5 Å². The predicted octanol–water partition coefficient (Wildman–Crippen LogP) is 2.44. The van der Waals surface area contributed by atoms with E-state index in [0.29, 0.717) is 11.7 Å². The van der Waals surface area contributed by atoms with Crippen LogP contribution in [-0.4, -0.2) is 46.6 Å². The van der Waals surface area contributed by atoms with Gasteiger partial charge in [0.25, 0.3) is 0 Å². The molecule has 5 nitrogen and oxygen atoms in total. The third-order valence-electron chi connectivity index (χ3n) is 4.19.